The van der Waals surface area contributed by atoms with Crippen LogP contribution in [0.2, 0.25) is 0 Å². The number of hydrogen-bond donors (Lipinski definition) is 1. The maximum Gasteiger partial charge on any atom is 0.323 e. The fourth-order valence-electron chi connectivity index (χ4n) is 2.96. The molecule has 0 aromatic heterocycles. The number of carbonyl (C=O) groups excluding carboxylic acids is 1. The van der Waals surface area contributed by atoms with Crippen molar-refractivity contribution in [2.75, 3.05) is 12.0 Å². The molecule has 0 aromatic rings. The summed E-state index contributed by atoms with van der Waals surface area (Å²) in [7, 11) is 0. The summed E-state index contributed by atoms with van der Waals surface area (Å²) < 4.78 is 5.58. The summed E-state index contributed by atoms with van der Waals surface area (Å²) in [6, 6.07) is -0.460. The first-order valence-corrected chi connectivity index (χ1v) is 8.18. The summed E-state index contributed by atoms with van der Waals surface area (Å²) in [4.78, 5) is 11.9. The molecule has 3 nitrogen and oxygen atoms in total. The van der Waals surface area contributed by atoms with Crippen molar-refractivity contribution in [3.05, 3.63) is 0 Å². The zero-order chi connectivity index (χ0) is 13.8. The number of nitrogens with two attached hydrogens (primary N) is 1. The predicted molar refractivity (Wildman–Crippen MR) is 77.7 cm³/mol. The molecule has 1 saturated carbocycles. The van der Waals surface area contributed by atoms with Crippen LogP contribution in [0.4, 0.5) is 0 Å². The Morgan fingerprint density at radius 2 is 2.17 bits per heavy atom. The second kappa shape index (κ2) is 6.80. The Bertz CT molecular complexity index is 281. The topological polar surface area (TPSA) is 52.3 Å². The number of carbonyl (C=O) groups is 1. The van der Waals surface area contributed by atoms with Crippen LogP contribution in [-0.4, -0.2) is 30.1 Å². The fourth-order valence-corrected chi connectivity index (χ4v) is 3.45. The summed E-state index contributed by atoms with van der Waals surface area (Å²) in [5.74, 6) is 1.30. The Morgan fingerprint density at radius 3 is 2.72 bits per heavy atom. The van der Waals surface area contributed by atoms with Crippen molar-refractivity contribution in [1.82, 2.24) is 0 Å². The molecule has 106 valence electrons. The Labute approximate surface area is 115 Å². The van der Waals surface area contributed by atoms with Gasteiger partial charge in [-0.3, -0.25) is 4.79 Å². The van der Waals surface area contributed by atoms with Gasteiger partial charge in [0.25, 0.3) is 0 Å². The second-order valence-corrected chi connectivity index (χ2v) is 7.35. The van der Waals surface area contributed by atoms with Gasteiger partial charge >= 0.3 is 5.97 Å². The summed E-state index contributed by atoms with van der Waals surface area (Å²) in [6.07, 6.45) is 5.91. The molecule has 4 heteroatoms. The van der Waals surface area contributed by atoms with Crippen molar-refractivity contribution < 1.29 is 9.53 Å². The number of rotatable bonds is 5. The van der Waals surface area contributed by atoms with Gasteiger partial charge in [-0.1, -0.05) is 20.8 Å². The van der Waals surface area contributed by atoms with Crippen molar-refractivity contribution in [3.8, 4) is 0 Å². The van der Waals surface area contributed by atoms with E-state index >= 15 is 0 Å². The molecule has 1 rings (SSSR count). The van der Waals surface area contributed by atoms with Crippen LogP contribution in [0.25, 0.3) is 0 Å². The van der Waals surface area contributed by atoms with Gasteiger partial charge in [-0.05, 0) is 49.0 Å². The van der Waals surface area contributed by atoms with E-state index in [-0.39, 0.29) is 17.5 Å². The smallest absolute Gasteiger partial charge is 0.323 e. The number of ether oxygens (including phenoxy) is 1. The Hall–Kier alpha value is -0.220. The lowest BCUT2D eigenvalue weighted by Crippen LogP contribution is -2.39. The van der Waals surface area contributed by atoms with Crippen molar-refractivity contribution in [2.24, 2.45) is 17.1 Å². The van der Waals surface area contributed by atoms with E-state index in [0.717, 1.165) is 18.6 Å². The first kappa shape index (κ1) is 15.8. The predicted octanol–water partition coefficient (Wildman–Crippen LogP) is 2.82. The molecule has 0 bridgehead atoms. The number of esters is 1. The normalized spacial score (nSPS) is 28.7. The summed E-state index contributed by atoms with van der Waals surface area (Å²) in [5, 5.41) is 0. The van der Waals surface area contributed by atoms with Crippen LogP contribution in [-0.2, 0) is 9.53 Å². The lowest BCUT2D eigenvalue weighted by Gasteiger charge is -2.38. The highest BCUT2D eigenvalue weighted by atomic mass is 32.2. The largest absolute Gasteiger partial charge is 0.461 e. The second-order valence-electron chi connectivity index (χ2n) is 6.36. The van der Waals surface area contributed by atoms with E-state index in [4.69, 9.17) is 10.5 Å². The molecule has 0 aromatic carbocycles. The Morgan fingerprint density at radius 1 is 1.50 bits per heavy atom. The fraction of sp³-hybridized carbons (Fsp3) is 0.929. The van der Waals surface area contributed by atoms with Gasteiger partial charge in [0.2, 0.25) is 0 Å². The van der Waals surface area contributed by atoms with E-state index in [1.165, 1.54) is 6.42 Å². The summed E-state index contributed by atoms with van der Waals surface area (Å²) >= 11 is 1.71. The molecule has 0 saturated heterocycles. The minimum atomic E-state index is -0.460. The van der Waals surface area contributed by atoms with Crippen LogP contribution in [0, 0.1) is 11.3 Å². The van der Waals surface area contributed by atoms with Crippen LogP contribution in [0.3, 0.4) is 0 Å². The number of thioether (sulfide) groups is 1. The molecule has 0 aliphatic heterocycles. The van der Waals surface area contributed by atoms with Crippen molar-refractivity contribution in [2.45, 2.75) is 58.6 Å². The van der Waals surface area contributed by atoms with Crippen LogP contribution >= 0.6 is 11.8 Å². The molecule has 2 N–H and O–H groups in total. The van der Waals surface area contributed by atoms with Gasteiger partial charge in [0, 0.05) is 0 Å². The quantitative estimate of drug-likeness (QED) is 0.783. The van der Waals surface area contributed by atoms with Crippen molar-refractivity contribution in [1.29, 1.82) is 0 Å². The summed E-state index contributed by atoms with van der Waals surface area (Å²) in [5.41, 5.74) is 6.10. The molecule has 0 radical (unpaired) electrons. The molecule has 3 atom stereocenters. The molecule has 0 spiro atoms. The molecular weight excluding hydrogens is 246 g/mol. The SMILES string of the molecule is CSCCC(N)C(=O)OC1CC(C)CC(C)(C)C1. The van der Waals surface area contributed by atoms with Gasteiger partial charge in [-0.15, -0.1) is 0 Å². The lowest BCUT2D eigenvalue weighted by molar-refractivity contribution is -0.155. The van der Waals surface area contributed by atoms with Gasteiger partial charge in [-0.25, -0.2) is 0 Å². The Balaban J connectivity index is 2.43. The lowest BCUT2D eigenvalue weighted by atomic mass is 9.71. The first-order valence-electron chi connectivity index (χ1n) is 6.79. The average molecular weight is 273 g/mol. The monoisotopic (exact) mass is 273 g/mol. The molecule has 0 amide bonds. The average Bonchev–Trinajstić information content (AvgIpc) is 2.22. The highest BCUT2D eigenvalue weighted by Crippen LogP contribution is 2.39. The minimum Gasteiger partial charge on any atom is -0.461 e. The third kappa shape index (κ3) is 5.19. The van der Waals surface area contributed by atoms with E-state index in [0.29, 0.717) is 12.3 Å². The standard InChI is InChI=1S/C14H27NO2S/c1-10-7-11(9-14(2,3)8-10)17-13(16)12(15)5-6-18-4/h10-12H,5-9,15H2,1-4H3. The number of hydrogen-bond acceptors (Lipinski definition) is 4. The zero-order valence-electron chi connectivity index (χ0n) is 12.1. The van der Waals surface area contributed by atoms with Gasteiger partial charge < -0.3 is 10.5 Å². The molecular formula is C14H27NO2S. The van der Waals surface area contributed by atoms with Gasteiger partial charge in [0.15, 0.2) is 0 Å². The highest BCUT2D eigenvalue weighted by molar-refractivity contribution is 7.98. The first-order chi connectivity index (χ1) is 8.34. The van der Waals surface area contributed by atoms with Crippen molar-refractivity contribution >= 4 is 17.7 Å². The van der Waals surface area contributed by atoms with Crippen LogP contribution in [0.5, 0.6) is 0 Å². The third-order valence-electron chi connectivity index (χ3n) is 3.57. The van der Waals surface area contributed by atoms with E-state index in [9.17, 15) is 4.79 Å². The molecule has 3 unspecified atom stereocenters. The molecule has 1 aliphatic carbocycles. The van der Waals surface area contributed by atoms with Gasteiger partial charge in [0.1, 0.15) is 12.1 Å². The maximum atomic E-state index is 11.9. The molecule has 1 aliphatic rings. The summed E-state index contributed by atoms with van der Waals surface area (Å²) in [6.45, 7) is 6.73. The molecule has 0 heterocycles. The van der Waals surface area contributed by atoms with E-state index in [2.05, 4.69) is 20.8 Å². The molecule has 18 heavy (non-hydrogen) atoms. The van der Waals surface area contributed by atoms with Crippen LogP contribution in [0.1, 0.15) is 46.5 Å². The molecule has 1 fully saturated rings. The van der Waals surface area contributed by atoms with Crippen LogP contribution < -0.4 is 5.73 Å². The van der Waals surface area contributed by atoms with E-state index in [1.807, 2.05) is 6.26 Å². The maximum absolute atomic E-state index is 11.9. The Kier molecular flexibility index (Phi) is 5.99. The van der Waals surface area contributed by atoms with Gasteiger partial charge in [0.05, 0.1) is 0 Å². The van der Waals surface area contributed by atoms with Crippen molar-refractivity contribution in [3.63, 3.8) is 0 Å². The highest BCUT2D eigenvalue weighted by Gasteiger charge is 2.34. The van der Waals surface area contributed by atoms with E-state index in [1.54, 1.807) is 11.8 Å². The van der Waals surface area contributed by atoms with Gasteiger partial charge in [-0.2, -0.15) is 11.8 Å². The van der Waals surface area contributed by atoms with E-state index < -0.39 is 6.04 Å². The zero-order valence-corrected chi connectivity index (χ0v) is 12.9. The third-order valence-corrected chi connectivity index (χ3v) is 4.21. The minimum absolute atomic E-state index is 0.0524. The van der Waals surface area contributed by atoms with Crippen LogP contribution in [0.15, 0.2) is 0 Å².